The molecule has 0 aliphatic rings. The number of carbonyl (C=O) groups excluding carboxylic acids is 1. The lowest BCUT2D eigenvalue weighted by atomic mass is 10.1. The Hall–Kier alpha value is -0.580. The van der Waals surface area contributed by atoms with Gasteiger partial charge in [-0.25, -0.2) is 0 Å². The SMILES string of the molecule is CCOC(=O)CCCC(N)c1ccc(Cl)s1. The van der Waals surface area contributed by atoms with Crippen molar-refractivity contribution >= 4 is 28.9 Å². The number of ether oxygens (including phenoxy) is 1. The molecule has 1 aromatic rings. The molecule has 0 aliphatic heterocycles. The molecule has 0 radical (unpaired) electrons. The topological polar surface area (TPSA) is 52.3 Å². The van der Waals surface area contributed by atoms with Crippen LogP contribution in [0.15, 0.2) is 12.1 Å². The molecule has 1 aromatic heterocycles. The van der Waals surface area contributed by atoms with Crippen molar-refractivity contribution in [1.29, 1.82) is 0 Å². The molecule has 2 N–H and O–H groups in total. The lowest BCUT2D eigenvalue weighted by molar-refractivity contribution is -0.143. The van der Waals surface area contributed by atoms with Gasteiger partial charge in [0.05, 0.1) is 10.9 Å². The van der Waals surface area contributed by atoms with Crippen molar-refractivity contribution in [3.63, 3.8) is 0 Å². The predicted octanol–water partition coefficient (Wildman–Crippen LogP) is 3.13. The number of rotatable bonds is 6. The smallest absolute Gasteiger partial charge is 0.305 e. The molecule has 90 valence electrons. The molecule has 0 amide bonds. The van der Waals surface area contributed by atoms with Crippen molar-refractivity contribution < 1.29 is 9.53 Å². The fourth-order valence-electron chi connectivity index (χ4n) is 1.37. The van der Waals surface area contributed by atoms with Crippen LogP contribution in [0.1, 0.15) is 37.1 Å². The summed E-state index contributed by atoms with van der Waals surface area (Å²) in [6.45, 7) is 2.24. The normalized spacial score (nSPS) is 12.4. The van der Waals surface area contributed by atoms with Gasteiger partial charge >= 0.3 is 5.97 Å². The molecular weight excluding hydrogens is 246 g/mol. The summed E-state index contributed by atoms with van der Waals surface area (Å²) in [6, 6.07) is 3.74. The summed E-state index contributed by atoms with van der Waals surface area (Å²) in [7, 11) is 0. The van der Waals surface area contributed by atoms with Crippen LogP contribution < -0.4 is 5.73 Å². The van der Waals surface area contributed by atoms with E-state index in [0.717, 1.165) is 22.1 Å². The first-order valence-electron chi connectivity index (χ1n) is 5.30. The second kappa shape index (κ2) is 6.89. The highest BCUT2D eigenvalue weighted by molar-refractivity contribution is 7.16. The third kappa shape index (κ3) is 4.51. The zero-order valence-corrected chi connectivity index (χ0v) is 10.8. The lowest BCUT2D eigenvalue weighted by Crippen LogP contribution is -2.10. The van der Waals surface area contributed by atoms with Crippen LogP contribution in [0.25, 0.3) is 0 Å². The summed E-state index contributed by atoms with van der Waals surface area (Å²) in [4.78, 5) is 12.1. The van der Waals surface area contributed by atoms with Gasteiger partial charge in [-0.15, -0.1) is 11.3 Å². The zero-order chi connectivity index (χ0) is 12.0. The number of esters is 1. The molecule has 0 spiro atoms. The van der Waals surface area contributed by atoms with E-state index in [1.807, 2.05) is 12.1 Å². The number of thiophene rings is 1. The maximum absolute atomic E-state index is 11.1. The summed E-state index contributed by atoms with van der Waals surface area (Å²) in [6.07, 6.45) is 1.95. The van der Waals surface area contributed by atoms with Crippen LogP contribution in [0.5, 0.6) is 0 Å². The van der Waals surface area contributed by atoms with Gasteiger partial charge in [-0.1, -0.05) is 11.6 Å². The molecule has 1 unspecified atom stereocenters. The van der Waals surface area contributed by atoms with Gasteiger partial charge in [0.2, 0.25) is 0 Å². The number of halogens is 1. The molecule has 0 fully saturated rings. The Morgan fingerprint density at radius 1 is 1.62 bits per heavy atom. The Labute approximate surface area is 105 Å². The minimum atomic E-state index is -0.154. The molecule has 0 aliphatic carbocycles. The second-order valence-electron chi connectivity index (χ2n) is 3.45. The number of hydrogen-bond acceptors (Lipinski definition) is 4. The number of hydrogen-bond donors (Lipinski definition) is 1. The maximum atomic E-state index is 11.1. The standard InChI is InChI=1S/C11H16ClNO2S/c1-2-15-11(14)5-3-4-8(13)9-6-7-10(12)16-9/h6-8H,2-5,13H2,1H3. The van der Waals surface area contributed by atoms with E-state index in [9.17, 15) is 4.79 Å². The van der Waals surface area contributed by atoms with Gasteiger partial charge in [-0.3, -0.25) is 4.79 Å². The molecule has 0 saturated heterocycles. The fraction of sp³-hybridized carbons (Fsp3) is 0.545. The van der Waals surface area contributed by atoms with E-state index in [1.165, 1.54) is 11.3 Å². The van der Waals surface area contributed by atoms with Crippen LogP contribution in [-0.4, -0.2) is 12.6 Å². The van der Waals surface area contributed by atoms with Gasteiger partial charge in [0.15, 0.2) is 0 Å². The highest BCUT2D eigenvalue weighted by Crippen LogP contribution is 2.28. The van der Waals surface area contributed by atoms with E-state index < -0.39 is 0 Å². The Morgan fingerprint density at radius 3 is 2.94 bits per heavy atom. The van der Waals surface area contributed by atoms with Crippen molar-refractivity contribution in [2.75, 3.05) is 6.61 Å². The van der Waals surface area contributed by atoms with Crippen LogP contribution >= 0.6 is 22.9 Å². The number of carbonyl (C=O) groups is 1. The van der Waals surface area contributed by atoms with Crippen LogP contribution in [0.4, 0.5) is 0 Å². The van der Waals surface area contributed by atoms with E-state index in [-0.39, 0.29) is 12.0 Å². The molecule has 0 aromatic carbocycles. The summed E-state index contributed by atoms with van der Waals surface area (Å²) in [5.74, 6) is -0.154. The molecule has 16 heavy (non-hydrogen) atoms. The minimum absolute atomic E-state index is 0.0353. The Bertz CT molecular complexity index is 340. The summed E-state index contributed by atoms with van der Waals surface area (Å²) >= 11 is 7.31. The molecule has 0 bridgehead atoms. The van der Waals surface area contributed by atoms with Crippen molar-refractivity contribution in [3.8, 4) is 0 Å². The molecule has 1 rings (SSSR count). The number of nitrogens with two attached hydrogens (primary N) is 1. The van der Waals surface area contributed by atoms with Crippen LogP contribution in [0.2, 0.25) is 4.34 Å². The molecule has 0 saturated carbocycles. The maximum Gasteiger partial charge on any atom is 0.305 e. The second-order valence-corrected chi connectivity index (χ2v) is 5.19. The monoisotopic (exact) mass is 261 g/mol. The summed E-state index contributed by atoms with van der Waals surface area (Å²) < 4.78 is 5.58. The molecule has 1 heterocycles. The van der Waals surface area contributed by atoms with Gasteiger partial charge in [0.1, 0.15) is 0 Å². The minimum Gasteiger partial charge on any atom is -0.466 e. The molecule has 1 atom stereocenters. The molecular formula is C11H16ClNO2S. The van der Waals surface area contributed by atoms with Crippen LogP contribution in [-0.2, 0) is 9.53 Å². The fourth-order valence-corrected chi connectivity index (χ4v) is 2.47. The molecule has 3 nitrogen and oxygen atoms in total. The highest BCUT2D eigenvalue weighted by atomic mass is 35.5. The van der Waals surface area contributed by atoms with Gasteiger partial charge < -0.3 is 10.5 Å². The van der Waals surface area contributed by atoms with Crippen LogP contribution in [0.3, 0.4) is 0 Å². The van der Waals surface area contributed by atoms with Gasteiger partial charge in [0, 0.05) is 17.3 Å². The van der Waals surface area contributed by atoms with Gasteiger partial charge in [-0.05, 0) is 31.9 Å². The van der Waals surface area contributed by atoms with Crippen molar-refractivity contribution in [2.24, 2.45) is 5.73 Å². The van der Waals surface area contributed by atoms with Crippen molar-refractivity contribution in [1.82, 2.24) is 0 Å². The van der Waals surface area contributed by atoms with E-state index in [0.29, 0.717) is 13.0 Å². The Balaban J connectivity index is 2.25. The van der Waals surface area contributed by atoms with Gasteiger partial charge in [0.25, 0.3) is 0 Å². The Morgan fingerprint density at radius 2 is 2.38 bits per heavy atom. The van der Waals surface area contributed by atoms with Crippen molar-refractivity contribution in [2.45, 2.75) is 32.2 Å². The van der Waals surface area contributed by atoms with E-state index >= 15 is 0 Å². The van der Waals surface area contributed by atoms with E-state index in [1.54, 1.807) is 6.92 Å². The first kappa shape index (κ1) is 13.5. The predicted molar refractivity (Wildman–Crippen MR) is 66.7 cm³/mol. The average Bonchev–Trinajstić information content (AvgIpc) is 2.65. The average molecular weight is 262 g/mol. The quantitative estimate of drug-likeness (QED) is 0.801. The van der Waals surface area contributed by atoms with Crippen LogP contribution in [0, 0.1) is 0 Å². The molecule has 5 heteroatoms. The van der Waals surface area contributed by atoms with Gasteiger partial charge in [-0.2, -0.15) is 0 Å². The van der Waals surface area contributed by atoms with Crippen molar-refractivity contribution in [3.05, 3.63) is 21.3 Å². The third-order valence-electron chi connectivity index (χ3n) is 2.16. The first-order chi connectivity index (χ1) is 7.63. The lowest BCUT2D eigenvalue weighted by Gasteiger charge is -2.08. The summed E-state index contributed by atoms with van der Waals surface area (Å²) in [5, 5.41) is 0. The zero-order valence-electron chi connectivity index (χ0n) is 9.24. The summed E-state index contributed by atoms with van der Waals surface area (Å²) in [5.41, 5.74) is 5.97. The third-order valence-corrected chi connectivity index (χ3v) is 3.52. The Kier molecular flexibility index (Phi) is 5.80. The van der Waals surface area contributed by atoms with E-state index in [4.69, 9.17) is 22.1 Å². The largest absolute Gasteiger partial charge is 0.466 e. The first-order valence-corrected chi connectivity index (χ1v) is 6.49. The highest BCUT2D eigenvalue weighted by Gasteiger charge is 2.10. The van der Waals surface area contributed by atoms with E-state index in [2.05, 4.69) is 0 Å².